The van der Waals surface area contributed by atoms with Crippen molar-refractivity contribution < 1.29 is 9.32 Å². The lowest BCUT2D eigenvalue weighted by Crippen LogP contribution is -2.36. The van der Waals surface area contributed by atoms with Crippen LogP contribution in [0.3, 0.4) is 0 Å². The third-order valence-corrected chi connectivity index (χ3v) is 3.39. The zero-order valence-electron chi connectivity index (χ0n) is 11.0. The van der Waals surface area contributed by atoms with E-state index in [-0.39, 0.29) is 11.9 Å². The predicted molar refractivity (Wildman–Crippen MR) is 70.0 cm³/mol. The van der Waals surface area contributed by atoms with E-state index in [2.05, 4.69) is 20.8 Å². The molecule has 6 nitrogen and oxygen atoms in total. The van der Waals surface area contributed by atoms with Gasteiger partial charge in [-0.15, -0.1) is 0 Å². The standard InChI is InChI=1S/C13H16N4O2/c1-7-5-10(11-8(2)17-19-13(11)15-7)12(18)16-9-3-4-14-6-9/h5,9,14H,3-4,6H2,1-2H3,(H,16,18). The number of hydrogen-bond acceptors (Lipinski definition) is 5. The van der Waals surface area contributed by atoms with Crippen molar-refractivity contribution in [1.29, 1.82) is 0 Å². The molecule has 0 radical (unpaired) electrons. The number of aromatic nitrogens is 2. The highest BCUT2D eigenvalue weighted by Gasteiger charge is 2.21. The van der Waals surface area contributed by atoms with Gasteiger partial charge in [-0.05, 0) is 32.9 Å². The number of pyridine rings is 1. The highest BCUT2D eigenvalue weighted by molar-refractivity contribution is 6.06. The predicted octanol–water partition coefficient (Wildman–Crippen LogP) is 0.931. The number of nitrogens with one attached hydrogen (secondary N) is 2. The van der Waals surface area contributed by atoms with Gasteiger partial charge < -0.3 is 15.2 Å². The van der Waals surface area contributed by atoms with Gasteiger partial charge >= 0.3 is 0 Å². The molecule has 1 atom stereocenters. The molecule has 0 bridgehead atoms. The molecule has 1 aliphatic heterocycles. The van der Waals surface area contributed by atoms with Crippen LogP contribution in [0.5, 0.6) is 0 Å². The molecule has 19 heavy (non-hydrogen) atoms. The van der Waals surface area contributed by atoms with Gasteiger partial charge in [0, 0.05) is 18.3 Å². The Morgan fingerprint density at radius 2 is 2.37 bits per heavy atom. The van der Waals surface area contributed by atoms with Gasteiger partial charge in [-0.2, -0.15) is 0 Å². The van der Waals surface area contributed by atoms with Crippen LogP contribution in [-0.4, -0.2) is 35.2 Å². The van der Waals surface area contributed by atoms with Crippen LogP contribution in [0.25, 0.3) is 11.1 Å². The van der Waals surface area contributed by atoms with Crippen LogP contribution in [0.15, 0.2) is 10.6 Å². The number of hydrogen-bond donors (Lipinski definition) is 2. The Balaban J connectivity index is 1.98. The lowest BCUT2D eigenvalue weighted by Gasteiger charge is -2.12. The summed E-state index contributed by atoms with van der Waals surface area (Å²) in [4.78, 5) is 16.6. The van der Waals surface area contributed by atoms with Gasteiger partial charge in [0.15, 0.2) is 0 Å². The maximum atomic E-state index is 12.4. The number of carbonyl (C=O) groups excluding carboxylic acids is 1. The van der Waals surface area contributed by atoms with E-state index in [0.717, 1.165) is 25.2 Å². The number of amides is 1. The third-order valence-electron chi connectivity index (χ3n) is 3.39. The minimum Gasteiger partial charge on any atom is -0.348 e. The van der Waals surface area contributed by atoms with E-state index in [0.29, 0.717) is 22.4 Å². The van der Waals surface area contributed by atoms with Gasteiger partial charge in [-0.1, -0.05) is 5.16 Å². The Labute approximate surface area is 110 Å². The Morgan fingerprint density at radius 1 is 1.53 bits per heavy atom. The monoisotopic (exact) mass is 260 g/mol. The zero-order chi connectivity index (χ0) is 13.4. The molecule has 3 rings (SSSR count). The largest absolute Gasteiger partial charge is 0.348 e. The first-order valence-electron chi connectivity index (χ1n) is 6.40. The summed E-state index contributed by atoms with van der Waals surface area (Å²) < 4.78 is 5.14. The average molecular weight is 260 g/mol. The smallest absolute Gasteiger partial charge is 0.258 e. The second kappa shape index (κ2) is 4.62. The maximum absolute atomic E-state index is 12.4. The van der Waals surface area contributed by atoms with E-state index in [9.17, 15) is 4.79 Å². The molecule has 0 saturated carbocycles. The Kier molecular flexibility index (Phi) is 2.94. The van der Waals surface area contributed by atoms with Gasteiger partial charge in [0.1, 0.15) is 0 Å². The lowest BCUT2D eigenvalue weighted by atomic mass is 10.1. The molecule has 1 amide bonds. The van der Waals surface area contributed by atoms with Crippen LogP contribution < -0.4 is 10.6 Å². The Bertz CT molecular complexity index is 629. The topological polar surface area (TPSA) is 80.0 Å². The van der Waals surface area contributed by atoms with E-state index < -0.39 is 0 Å². The number of carbonyl (C=O) groups is 1. The first-order valence-corrected chi connectivity index (χ1v) is 6.40. The van der Waals surface area contributed by atoms with Crippen molar-refractivity contribution in [3.63, 3.8) is 0 Å². The molecule has 0 aliphatic carbocycles. The van der Waals surface area contributed by atoms with E-state index in [1.165, 1.54) is 0 Å². The molecular weight excluding hydrogens is 244 g/mol. The fraction of sp³-hybridized carbons (Fsp3) is 0.462. The summed E-state index contributed by atoms with van der Waals surface area (Å²) >= 11 is 0. The molecule has 6 heteroatoms. The summed E-state index contributed by atoms with van der Waals surface area (Å²) in [6, 6.07) is 1.97. The van der Waals surface area contributed by atoms with Crippen molar-refractivity contribution in [3.8, 4) is 0 Å². The molecule has 2 aromatic heterocycles. The second-order valence-electron chi connectivity index (χ2n) is 4.92. The molecule has 2 N–H and O–H groups in total. The summed E-state index contributed by atoms with van der Waals surface area (Å²) in [6.07, 6.45) is 0.960. The van der Waals surface area contributed by atoms with Gasteiger partial charge in [0.25, 0.3) is 11.6 Å². The molecule has 0 aromatic carbocycles. The van der Waals surface area contributed by atoms with Gasteiger partial charge in [0.05, 0.1) is 16.6 Å². The number of rotatable bonds is 2. The molecule has 1 aliphatic rings. The third kappa shape index (κ3) is 2.19. The van der Waals surface area contributed by atoms with E-state index in [4.69, 9.17) is 4.52 Å². The average Bonchev–Trinajstić information content (AvgIpc) is 2.99. The zero-order valence-corrected chi connectivity index (χ0v) is 11.0. The van der Waals surface area contributed by atoms with Gasteiger partial charge in [0.2, 0.25) is 0 Å². The van der Waals surface area contributed by atoms with Crippen LogP contribution in [0, 0.1) is 13.8 Å². The molecule has 0 spiro atoms. The molecule has 1 fully saturated rings. The minimum absolute atomic E-state index is 0.0875. The van der Waals surface area contributed by atoms with Gasteiger partial charge in [-0.25, -0.2) is 4.98 Å². The van der Waals surface area contributed by atoms with E-state index >= 15 is 0 Å². The SMILES string of the molecule is Cc1cc(C(=O)NC2CCNC2)c2c(C)noc2n1. The summed E-state index contributed by atoms with van der Waals surface area (Å²) in [5.41, 5.74) is 2.45. The number of fused-ring (bicyclic) bond motifs is 1. The van der Waals surface area contributed by atoms with Crippen molar-refractivity contribution in [2.24, 2.45) is 0 Å². The Morgan fingerprint density at radius 3 is 3.11 bits per heavy atom. The van der Waals surface area contributed by atoms with Crippen LogP contribution in [0.4, 0.5) is 0 Å². The highest BCUT2D eigenvalue weighted by Crippen LogP contribution is 2.22. The Hall–Kier alpha value is -1.95. The van der Waals surface area contributed by atoms with E-state index in [1.807, 2.05) is 13.8 Å². The molecule has 1 saturated heterocycles. The van der Waals surface area contributed by atoms with Crippen LogP contribution >= 0.6 is 0 Å². The summed E-state index contributed by atoms with van der Waals surface area (Å²) in [7, 11) is 0. The quantitative estimate of drug-likeness (QED) is 0.839. The van der Waals surface area contributed by atoms with Crippen molar-refractivity contribution in [2.75, 3.05) is 13.1 Å². The first kappa shape index (κ1) is 12.1. The fourth-order valence-corrected chi connectivity index (χ4v) is 2.44. The minimum atomic E-state index is -0.0875. The van der Waals surface area contributed by atoms with Crippen molar-refractivity contribution in [2.45, 2.75) is 26.3 Å². The van der Waals surface area contributed by atoms with Crippen LogP contribution in [-0.2, 0) is 0 Å². The van der Waals surface area contributed by atoms with Crippen LogP contribution in [0.2, 0.25) is 0 Å². The first-order chi connectivity index (χ1) is 9.15. The van der Waals surface area contributed by atoms with E-state index in [1.54, 1.807) is 6.07 Å². The van der Waals surface area contributed by atoms with Crippen molar-refractivity contribution in [3.05, 3.63) is 23.0 Å². The maximum Gasteiger partial charge on any atom is 0.258 e. The molecule has 100 valence electrons. The molecule has 2 aromatic rings. The van der Waals surface area contributed by atoms with Crippen molar-refractivity contribution >= 4 is 17.0 Å². The highest BCUT2D eigenvalue weighted by atomic mass is 16.5. The summed E-state index contributed by atoms with van der Waals surface area (Å²) in [5, 5.41) is 10.8. The molecule has 3 heterocycles. The molecule has 1 unspecified atom stereocenters. The van der Waals surface area contributed by atoms with Crippen molar-refractivity contribution in [1.82, 2.24) is 20.8 Å². The summed E-state index contributed by atoms with van der Waals surface area (Å²) in [6.45, 7) is 5.42. The normalized spacial score (nSPS) is 18.9. The number of aryl methyl sites for hydroxylation is 2. The fourth-order valence-electron chi connectivity index (χ4n) is 2.44. The second-order valence-corrected chi connectivity index (χ2v) is 4.92. The molecular formula is C13H16N4O2. The van der Waals surface area contributed by atoms with Crippen LogP contribution in [0.1, 0.15) is 28.2 Å². The summed E-state index contributed by atoms with van der Waals surface area (Å²) in [5.74, 6) is -0.0875. The lowest BCUT2D eigenvalue weighted by molar-refractivity contribution is 0.0941. The number of nitrogens with zero attached hydrogens (tertiary/aromatic N) is 2. The van der Waals surface area contributed by atoms with Gasteiger partial charge in [-0.3, -0.25) is 4.79 Å².